The molecule has 34 heavy (non-hydrogen) atoms. The molecule has 0 aliphatic rings. The van der Waals surface area contributed by atoms with E-state index in [0.29, 0.717) is 22.6 Å². The second kappa shape index (κ2) is 10.3. The molecule has 0 aliphatic carbocycles. The van der Waals surface area contributed by atoms with Crippen LogP contribution in [-0.4, -0.2) is 17.8 Å². The highest BCUT2D eigenvalue weighted by molar-refractivity contribution is 6.11. The molecule has 0 unspecified atom stereocenters. The quantitative estimate of drug-likeness (QED) is 0.241. The molecule has 0 heterocycles. The Balaban J connectivity index is 1.61. The summed E-state index contributed by atoms with van der Waals surface area (Å²) in [5.41, 5.74) is 1.75. The Hall–Kier alpha value is -4.71. The van der Waals surface area contributed by atoms with E-state index in [1.807, 2.05) is 48.5 Å². The summed E-state index contributed by atoms with van der Waals surface area (Å²) >= 11 is 0. The average molecular weight is 450 g/mol. The molecule has 0 atom stereocenters. The van der Waals surface area contributed by atoms with Crippen molar-refractivity contribution in [2.24, 2.45) is 0 Å². The second-order valence-corrected chi connectivity index (χ2v) is 7.56. The van der Waals surface area contributed by atoms with Gasteiger partial charge in [0.05, 0.1) is 0 Å². The standard InChI is InChI=1S/C28H22N2O4/c1-19(31)34-25-15-11-20(12-16-25)17-26(30-27(32)22-8-3-2-4-9-22)28(33)29-24-14-13-21-7-5-6-10-23(21)18-24/h2-18H,1H3,(H,29,33)(H,30,32)/b26-17+. The van der Waals surface area contributed by atoms with Crippen molar-refractivity contribution < 1.29 is 19.1 Å². The predicted octanol–water partition coefficient (Wildman–Crippen LogP) is 5.17. The minimum Gasteiger partial charge on any atom is -0.427 e. The van der Waals surface area contributed by atoms with Gasteiger partial charge < -0.3 is 15.4 Å². The molecule has 0 saturated heterocycles. The van der Waals surface area contributed by atoms with Crippen LogP contribution in [0, 0.1) is 0 Å². The maximum absolute atomic E-state index is 13.2. The molecule has 6 heteroatoms. The van der Waals surface area contributed by atoms with Crippen molar-refractivity contribution in [3.05, 3.63) is 114 Å². The molecule has 0 radical (unpaired) electrons. The van der Waals surface area contributed by atoms with Gasteiger partial charge in [0, 0.05) is 18.2 Å². The number of amides is 2. The Labute approximate surface area is 196 Å². The Morgan fingerprint density at radius 3 is 2.15 bits per heavy atom. The summed E-state index contributed by atoms with van der Waals surface area (Å²) in [5, 5.41) is 7.61. The van der Waals surface area contributed by atoms with Crippen molar-refractivity contribution >= 4 is 40.3 Å². The molecule has 2 N–H and O–H groups in total. The number of rotatable bonds is 6. The minimum atomic E-state index is -0.469. The highest BCUT2D eigenvalue weighted by atomic mass is 16.5. The normalized spacial score (nSPS) is 11.0. The minimum absolute atomic E-state index is 0.0715. The fourth-order valence-electron chi connectivity index (χ4n) is 3.37. The monoisotopic (exact) mass is 450 g/mol. The molecule has 0 spiro atoms. The lowest BCUT2D eigenvalue weighted by atomic mass is 10.1. The molecule has 0 aliphatic heterocycles. The largest absolute Gasteiger partial charge is 0.427 e. The Kier molecular flexibility index (Phi) is 6.79. The molecule has 0 saturated carbocycles. The maximum Gasteiger partial charge on any atom is 0.308 e. The highest BCUT2D eigenvalue weighted by Crippen LogP contribution is 2.20. The van der Waals surface area contributed by atoms with Gasteiger partial charge in [-0.2, -0.15) is 0 Å². The van der Waals surface area contributed by atoms with Gasteiger partial charge in [-0.05, 0) is 58.8 Å². The molecule has 4 rings (SSSR count). The van der Waals surface area contributed by atoms with E-state index in [-0.39, 0.29) is 5.70 Å². The first-order valence-electron chi connectivity index (χ1n) is 10.6. The molecule has 4 aromatic rings. The Morgan fingerprint density at radius 1 is 0.765 bits per heavy atom. The average Bonchev–Trinajstić information content (AvgIpc) is 2.85. The van der Waals surface area contributed by atoms with Gasteiger partial charge in [-0.3, -0.25) is 14.4 Å². The lowest BCUT2D eigenvalue weighted by Gasteiger charge is -2.12. The molecular formula is C28H22N2O4. The van der Waals surface area contributed by atoms with E-state index in [2.05, 4.69) is 10.6 Å². The van der Waals surface area contributed by atoms with Crippen molar-refractivity contribution in [2.75, 3.05) is 5.32 Å². The van der Waals surface area contributed by atoms with Crippen molar-refractivity contribution in [3.63, 3.8) is 0 Å². The van der Waals surface area contributed by atoms with Gasteiger partial charge in [0.2, 0.25) is 0 Å². The number of anilines is 1. The number of carbonyl (C=O) groups excluding carboxylic acids is 3. The van der Waals surface area contributed by atoms with E-state index in [1.165, 1.54) is 6.92 Å². The summed E-state index contributed by atoms with van der Waals surface area (Å²) in [7, 11) is 0. The summed E-state index contributed by atoms with van der Waals surface area (Å²) in [6.45, 7) is 1.32. The first kappa shape index (κ1) is 22.5. The number of hydrogen-bond donors (Lipinski definition) is 2. The summed E-state index contributed by atoms with van der Waals surface area (Å²) in [6.07, 6.45) is 1.56. The SMILES string of the molecule is CC(=O)Oc1ccc(/C=C(/NC(=O)c2ccccc2)C(=O)Nc2ccc3ccccc3c2)cc1. The number of benzene rings is 4. The van der Waals surface area contributed by atoms with E-state index in [4.69, 9.17) is 4.74 Å². The molecular weight excluding hydrogens is 428 g/mol. The topological polar surface area (TPSA) is 84.5 Å². The van der Waals surface area contributed by atoms with Crippen LogP contribution >= 0.6 is 0 Å². The molecule has 6 nitrogen and oxygen atoms in total. The van der Waals surface area contributed by atoms with Crippen LogP contribution in [0.3, 0.4) is 0 Å². The van der Waals surface area contributed by atoms with Crippen LogP contribution in [0.2, 0.25) is 0 Å². The van der Waals surface area contributed by atoms with Crippen molar-refractivity contribution in [3.8, 4) is 5.75 Å². The Morgan fingerprint density at radius 2 is 1.44 bits per heavy atom. The van der Waals surface area contributed by atoms with Crippen molar-refractivity contribution in [2.45, 2.75) is 6.92 Å². The third-order valence-electron chi connectivity index (χ3n) is 4.99. The van der Waals surface area contributed by atoms with E-state index in [0.717, 1.165) is 10.8 Å². The Bertz CT molecular complexity index is 1380. The first-order chi connectivity index (χ1) is 16.5. The fraction of sp³-hybridized carbons (Fsp3) is 0.0357. The third-order valence-corrected chi connectivity index (χ3v) is 4.99. The van der Waals surface area contributed by atoms with Gasteiger partial charge in [0.25, 0.3) is 11.8 Å². The van der Waals surface area contributed by atoms with Crippen LogP contribution in [0.4, 0.5) is 5.69 Å². The predicted molar refractivity (Wildman–Crippen MR) is 132 cm³/mol. The number of esters is 1. The van der Waals surface area contributed by atoms with E-state index in [9.17, 15) is 14.4 Å². The van der Waals surface area contributed by atoms with Crippen molar-refractivity contribution in [1.29, 1.82) is 0 Å². The van der Waals surface area contributed by atoms with Crippen LogP contribution in [0.5, 0.6) is 5.75 Å². The van der Waals surface area contributed by atoms with Crippen LogP contribution in [0.25, 0.3) is 16.8 Å². The molecule has 0 aromatic heterocycles. The third kappa shape index (κ3) is 5.75. The zero-order chi connectivity index (χ0) is 23.9. The lowest BCUT2D eigenvalue weighted by Crippen LogP contribution is -2.30. The van der Waals surface area contributed by atoms with Gasteiger partial charge in [-0.25, -0.2) is 0 Å². The van der Waals surface area contributed by atoms with Gasteiger partial charge in [-0.15, -0.1) is 0 Å². The summed E-state index contributed by atoms with van der Waals surface area (Å²) in [5.74, 6) is -0.908. The molecule has 0 bridgehead atoms. The number of ether oxygens (including phenoxy) is 1. The second-order valence-electron chi connectivity index (χ2n) is 7.56. The number of hydrogen-bond acceptors (Lipinski definition) is 4. The zero-order valence-electron chi connectivity index (χ0n) is 18.4. The van der Waals surface area contributed by atoms with Gasteiger partial charge >= 0.3 is 5.97 Å². The number of carbonyl (C=O) groups is 3. The first-order valence-corrected chi connectivity index (χ1v) is 10.6. The smallest absolute Gasteiger partial charge is 0.308 e. The van der Waals surface area contributed by atoms with E-state index < -0.39 is 17.8 Å². The van der Waals surface area contributed by atoms with Gasteiger partial charge in [0.15, 0.2) is 0 Å². The summed E-state index contributed by atoms with van der Waals surface area (Å²) < 4.78 is 5.05. The van der Waals surface area contributed by atoms with E-state index in [1.54, 1.807) is 54.6 Å². The van der Waals surface area contributed by atoms with Crippen LogP contribution < -0.4 is 15.4 Å². The zero-order valence-corrected chi connectivity index (χ0v) is 18.4. The van der Waals surface area contributed by atoms with Crippen LogP contribution in [0.1, 0.15) is 22.8 Å². The summed E-state index contributed by atoms with van der Waals surface area (Å²) in [6, 6.07) is 28.7. The van der Waals surface area contributed by atoms with Gasteiger partial charge in [-0.1, -0.05) is 60.7 Å². The maximum atomic E-state index is 13.2. The van der Waals surface area contributed by atoms with E-state index >= 15 is 0 Å². The van der Waals surface area contributed by atoms with Crippen LogP contribution in [0.15, 0.2) is 103 Å². The number of fused-ring (bicyclic) bond motifs is 1. The molecule has 2 amide bonds. The van der Waals surface area contributed by atoms with Crippen LogP contribution in [-0.2, 0) is 9.59 Å². The number of nitrogens with one attached hydrogen (secondary N) is 2. The fourth-order valence-corrected chi connectivity index (χ4v) is 3.37. The molecule has 4 aromatic carbocycles. The molecule has 168 valence electrons. The van der Waals surface area contributed by atoms with Crippen molar-refractivity contribution in [1.82, 2.24) is 5.32 Å². The summed E-state index contributed by atoms with van der Waals surface area (Å²) in [4.78, 5) is 37.1. The highest BCUT2D eigenvalue weighted by Gasteiger charge is 2.15. The van der Waals surface area contributed by atoms with Gasteiger partial charge in [0.1, 0.15) is 11.4 Å². The molecule has 0 fully saturated rings. The lowest BCUT2D eigenvalue weighted by molar-refractivity contribution is -0.131.